The van der Waals surface area contributed by atoms with E-state index in [9.17, 15) is 9.59 Å². The molecule has 0 aliphatic rings. The minimum atomic E-state index is -0.417. The molecule has 0 heterocycles. The van der Waals surface area contributed by atoms with E-state index in [4.69, 9.17) is 4.74 Å². The zero-order valence-electron chi connectivity index (χ0n) is 10.1. The summed E-state index contributed by atoms with van der Waals surface area (Å²) >= 11 is 0. The molecule has 0 saturated carbocycles. The van der Waals surface area contributed by atoms with E-state index < -0.39 is 6.23 Å². The van der Waals surface area contributed by atoms with E-state index in [0.717, 1.165) is 5.69 Å². The first-order chi connectivity index (χ1) is 7.97. The maximum Gasteiger partial charge on any atom is 0.304 e. The fourth-order valence-corrected chi connectivity index (χ4v) is 1.40. The average molecular weight is 236 g/mol. The maximum atomic E-state index is 10.9. The highest BCUT2D eigenvalue weighted by Gasteiger charge is 2.05. The van der Waals surface area contributed by atoms with E-state index in [-0.39, 0.29) is 11.9 Å². The van der Waals surface area contributed by atoms with Gasteiger partial charge < -0.3 is 15.4 Å². The summed E-state index contributed by atoms with van der Waals surface area (Å²) < 4.78 is 4.94. The lowest BCUT2D eigenvalue weighted by Gasteiger charge is -2.15. The molecule has 0 spiro atoms. The topological polar surface area (TPSA) is 67.4 Å². The Bertz CT molecular complexity index is 418. The number of benzene rings is 1. The van der Waals surface area contributed by atoms with Crippen molar-refractivity contribution >= 4 is 23.3 Å². The molecule has 0 fully saturated rings. The molecule has 1 amide bonds. The van der Waals surface area contributed by atoms with Gasteiger partial charge in [-0.3, -0.25) is 9.59 Å². The minimum Gasteiger partial charge on any atom is -0.442 e. The first-order valence-electron chi connectivity index (χ1n) is 5.29. The summed E-state index contributed by atoms with van der Waals surface area (Å²) in [5.74, 6) is -0.474. The monoisotopic (exact) mass is 236 g/mol. The van der Waals surface area contributed by atoms with Crippen molar-refractivity contribution in [2.45, 2.75) is 27.0 Å². The molecular formula is C12H16N2O3. The van der Waals surface area contributed by atoms with Gasteiger partial charge in [0.15, 0.2) is 6.23 Å². The molecule has 92 valence electrons. The second kappa shape index (κ2) is 5.89. The van der Waals surface area contributed by atoms with Gasteiger partial charge in [0.25, 0.3) is 0 Å². The van der Waals surface area contributed by atoms with Gasteiger partial charge in [-0.05, 0) is 25.1 Å². The molecular weight excluding hydrogens is 220 g/mol. The number of esters is 1. The summed E-state index contributed by atoms with van der Waals surface area (Å²) in [5, 5.41) is 5.66. The molecule has 0 radical (unpaired) electrons. The Morgan fingerprint density at radius 2 is 1.88 bits per heavy atom. The van der Waals surface area contributed by atoms with E-state index in [1.165, 1.54) is 13.8 Å². The highest BCUT2D eigenvalue weighted by molar-refractivity contribution is 5.89. The van der Waals surface area contributed by atoms with Gasteiger partial charge in [0.1, 0.15) is 0 Å². The molecule has 0 aliphatic carbocycles. The quantitative estimate of drug-likeness (QED) is 0.619. The first kappa shape index (κ1) is 13.0. The molecule has 1 atom stereocenters. The number of rotatable bonds is 4. The van der Waals surface area contributed by atoms with Crippen molar-refractivity contribution in [2.24, 2.45) is 0 Å². The Morgan fingerprint density at radius 1 is 1.24 bits per heavy atom. The van der Waals surface area contributed by atoms with Crippen LogP contribution in [-0.2, 0) is 14.3 Å². The van der Waals surface area contributed by atoms with Crippen LogP contribution in [0.15, 0.2) is 24.3 Å². The summed E-state index contributed by atoms with van der Waals surface area (Å²) in [6.07, 6.45) is -0.417. The molecule has 0 aliphatic heterocycles. The van der Waals surface area contributed by atoms with Crippen LogP contribution in [0.2, 0.25) is 0 Å². The zero-order chi connectivity index (χ0) is 12.8. The molecule has 2 N–H and O–H groups in total. The Hall–Kier alpha value is -2.04. The molecule has 1 aromatic carbocycles. The summed E-state index contributed by atoms with van der Waals surface area (Å²) in [7, 11) is 0. The van der Waals surface area contributed by atoms with Crippen molar-refractivity contribution in [3.8, 4) is 0 Å². The lowest BCUT2D eigenvalue weighted by atomic mass is 10.2. The molecule has 5 heteroatoms. The van der Waals surface area contributed by atoms with E-state index in [1.54, 1.807) is 25.1 Å². The van der Waals surface area contributed by atoms with E-state index in [0.29, 0.717) is 5.69 Å². The Labute approximate surface area is 100 Å². The number of carbonyl (C=O) groups is 2. The van der Waals surface area contributed by atoms with Crippen molar-refractivity contribution in [1.29, 1.82) is 0 Å². The van der Waals surface area contributed by atoms with Crippen LogP contribution in [0.25, 0.3) is 0 Å². The van der Waals surface area contributed by atoms with Crippen LogP contribution in [0.5, 0.6) is 0 Å². The smallest absolute Gasteiger partial charge is 0.304 e. The third-order valence-corrected chi connectivity index (χ3v) is 1.90. The summed E-state index contributed by atoms with van der Waals surface area (Å²) in [6, 6.07) is 7.17. The van der Waals surface area contributed by atoms with Gasteiger partial charge in [-0.25, -0.2) is 0 Å². The zero-order valence-corrected chi connectivity index (χ0v) is 10.1. The molecule has 1 rings (SSSR count). The Kier molecular flexibility index (Phi) is 4.51. The maximum absolute atomic E-state index is 10.9. The summed E-state index contributed by atoms with van der Waals surface area (Å²) in [6.45, 7) is 4.53. The van der Waals surface area contributed by atoms with Crippen LogP contribution in [0.3, 0.4) is 0 Å². The van der Waals surface area contributed by atoms with Crippen molar-refractivity contribution in [2.75, 3.05) is 10.6 Å². The van der Waals surface area contributed by atoms with Gasteiger partial charge >= 0.3 is 5.97 Å². The number of nitrogens with one attached hydrogen (secondary N) is 2. The highest BCUT2D eigenvalue weighted by Crippen LogP contribution is 2.16. The fourth-order valence-electron chi connectivity index (χ4n) is 1.40. The number of anilines is 2. The number of ether oxygens (including phenoxy) is 1. The van der Waals surface area contributed by atoms with Gasteiger partial charge in [-0.1, -0.05) is 6.07 Å². The van der Waals surface area contributed by atoms with E-state index >= 15 is 0 Å². The van der Waals surface area contributed by atoms with Crippen LogP contribution >= 0.6 is 0 Å². The number of hydrogen-bond donors (Lipinski definition) is 2. The van der Waals surface area contributed by atoms with E-state index in [1.807, 2.05) is 6.07 Å². The molecule has 0 saturated heterocycles. The number of carbonyl (C=O) groups excluding carboxylic acids is 2. The van der Waals surface area contributed by atoms with Crippen molar-refractivity contribution in [1.82, 2.24) is 0 Å². The second-order valence-electron chi connectivity index (χ2n) is 3.66. The Balaban J connectivity index is 2.65. The molecule has 1 unspecified atom stereocenters. The van der Waals surface area contributed by atoms with Gasteiger partial charge in [0.2, 0.25) is 5.91 Å². The SMILES string of the molecule is CC(=O)Nc1cccc(NC(C)OC(C)=O)c1. The summed E-state index contributed by atoms with van der Waals surface area (Å²) in [4.78, 5) is 21.6. The van der Waals surface area contributed by atoms with Gasteiger partial charge in [0.05, 0.1) is 0 Å². The highest BCUT2D eigenvalue weighted by atomic mass is 16.6. The third kappa shape index (κ3) is 5.01. The fraction of sp³-hybridized carbons (Fsp3) is 0.333. The van der Waals surface area contributed by atoms with Crippen LogP contribution in [0.4, 0.5) is 11.4 Å². The molecule has 0 aromatic heterocycles. The van der Waals surface area contributed by atoms with Crippen LogP contribution in [0, 0.1) is 0 Å². The van der Waals surface area contributed by atoms with Crippen molar-refractivity contribution in [3.63, 3.8) is 0 Å². The van der Waals surface area contributed by atoms with Gasteiger partial charge in [-0.15, -0.1) is 0 Å². The molecule has 5 nitrogen and oxygen atoms in total. The van der Waals surface area contributed by atoms with Gasteiger partial charge in [-0.2, -0.15) is 0 Å². The first-order valence-corrected chi connectivity index (χ1v) is 5.29. The lowest BCUT2D eigenvalue weighted by Crippen LogP contribution is -2.21. The predicted molar refractivity (Wildman–Crippen MR) is 65.6 cm³/mol. The molecule has 1 aromatic rings. The largest absolute Gasteiger partial charge is 0.442 e. The normalized spacial score (nSPS) is 11.5. The van der Waals surface area contributed by atoms with Crippen LogP contribution in [0.1, 0.15) is 20.8 Å². The minimum absolute atomic E-state index is 0.129. The predicted octanol–water partition coefficient (Wildman–Crippen LogP) is 1.97. The summed E-state index contributed by atoms with van der Waals surface area (Å²) in [5.41, 5.74) is 1.46. The molecule has 0 bridgehead atoms. The second-order valence-corrected chi connectivity index (χ2v) is 3.66. The third-order valence-electron chi connectivity index (χ3n) is 1.90. The van der Waals surface area contributed by atoms with Crippen molar-refractivity contribution < 1.29 is 14.3 Å². The number of amides is 1. The van der Waals surface area contributed by atoms with E-state index in [2.05, 4.69) is 10.6 Å². The van der Waals surface area contributed by atoms with Gasteiger partial charge in [0, 0.05) is 25.2 Å². The number of hydrogen-bond acceptors (Lipinski definition) is 4. The standard InChI is InChI=1S/C12H16N2O3/c1-8(15)13-11-5-4-6-12(7-11)14-9(2)17-10(3)16/h4-7,9,14H,1-3H3,(H,13,15). The van der Waals surface area contributed by atoms with Crippen LogP contribution in [-0.4, -0.2) is 18.1 Å². The average Bonchev–Trinajstić information content (AvgIpc) is 2.14. The Morgan fingerprint density at radius 3 is 2.47 bits per heavy atom. The molecule has 17 heavy (non-hydrogen) atoms. The van der Waals surface area contributed by atoms with Crippen LogP contribution < -0.4 is 10.6 Å². The van der Waals surface area contributed by atoms with Crippen molar-refractivity contribution in [3.05, 3.63) is 24.3 Å². The lowest BCUT2D eigenvalue weighted by molar-refractivity contribution is -0.144.